The molecule has 0 unspecified atom stereocenters. The molecular formula is C16H23NO. The number of likely N-dealkylation sites (tertiary alicyclic amines) is 1. The fourth-order valence-corrected chi connectivity index (χ4v) is 4.07. The maximum atomic E-state index is 9.75. The molecule has 1 aromatic rings. The van der Waals surface area contributed by atoms with Gasteiger partial charge in [0.05, 0.1) is 0 Å². The maximum absolute atomic E-state index is 9.75. The van der Waals surface area contributed by atoms with Gasteiger partial charge >= 0.3 is 0 Å². The minimum absolute atomic E-state index is 0.426. The number of phenolic OH excluding ortho intramolecular Hbond substituents is 1. The van der Waals surface area contributed by atoms with Crippen LogP contribution in [0.25, 0.3) is 0 Å². The van der Waals surface area contributed by atoms with Gasteiger partial charge in [0.25, 0.3) is 0 Å². The Bertz CT molecular complexity index is 443. The summed E-state index contributed by atoms with van der Waals surface area (Å²) >= 11 is 0. The van der Waals surface area contributed by atoms with Crippen molar-refractivity contribution in [1.82, 2.24) is 4.90 Å². The van der Waals surface area contributed by atoms with Gasteiger partial charge in [0.1, 0.15) is 5.75 Å². The summed E-state index contributed by atoms with van der Waals surface area (Å²) in [5, 5.41) is 9.75. The van der Waals surface area contributed by atoms with E-state index >= 15 is 0 Å². The molecule has 2 heteroatoms. The highest BCUT2D eigenvalue weighted by Gasteiger charge is 2.42. The molecule has 1 saturated heterocycles. The number of aryl methyl sites for hydroxylation is 1. The third-order valence-electron chi connectivity index (χ3n) is 4.73. The van der Waals surface area contributed by atoms with Crippen molar-refractivity contribution in [2.75, 3.05) is 13.1 Å². The number of benzene rings is 1. The van der Waals surface area contributed by atoms with Crippen LogP contribution in [0.15, 0.2) is 18.2 Å². The molecule has 1 N–H and O–H groups in total. The summed E-state index contributed by atoms with van der Waals surface area (Å²) in [5.74, 6) is 1.77. The molecule has 98 valence electrons. The van der Waals surface area contributed by atoms with Gasteiger partial charge in [-0.1, -0.05) is 19.9 Å². The van der Waals surface area contributed by atoms with Crippen molar-refractivity contribution in [3.05, 3.63) is 29.3 Å². The smallest absolute Gasteiger partial charge is 0.115 e. The van der Waals surface area contributed by atoms with E-state index in [1.165, 1.54) is 43.5 Å². The lowest BCUT2D eigenvalue weighted by atomic mass is 9.76. The van der Waals surface area contributed by atoms with Gasteiger partial charge in [-0.3, -0.25) is 4.90 Å². The molecule has 1 fully saturated rings. The molecule has 0 aromatic heterocycles. The second kappa shape index (κ2) is 4.58. The maximum Gasteiger partial charge on any atom is 0.115 e. The highest BCUT2D eigenvalue weighted by Crippen LogP contribution is 2.45. The van der Waals surface area contributed by atoms with Crippen LogP contribution in [0.5, 0.6) is 5.75 Å². The van der Waals surface area contributed by atoms with Gasteiger partial charge in [0.2, 0.25) is 0 Å². The highest BCUT2D eigenvalue weighted by atomic mass is 16.3. The average molecular weight is 245 g/mol. The molecule has 0 spiro atoms. The Labute approximate surface area is 110 Å². The van der Waals surface area contributed by atoms with Crippen molar-refractivity contribution in [2.24, 2.45) is 5.92 Å². The summed E-state index contributed by atoms with van der Waals surface area (Å²) in [7, 11) is 0. The van der Waals surface area contributed by atoms with Crippen LogP contribution < -0.4 is 0 Å². The molecule has 1 heterocycles. The third kappa shape index (κ3) is 1.83. The lowest BCUT2D eigenvalue weighted by Gasteiger charge is -2.34. The van der Waals surface area contributed by atoms with Crippen molar-refractivity contribution in [3.8, 4) is 5.75 Å². The van der Waals surface area contributed by atoms with Crippen molar-refractivity contribution in [1.29, 1.82) is 0 Å². The SMILES string of the molecule is CCCN1C[C@H](C)[C@H]2c3cc(O)ccc3CC[C@H]21. The molecule has 1 aliphatic heterocycles. The quantitative estimate of drug-likeness (QED) is 0.865. The molecule has 2 aliphatic rings. The number of nitrogens with zero attached hydrogens (tertiary/aromatic N) is 1. The molecule has 2 nitrogen and oxygen atoms in total. The molecule has 3 rings (SSSR count). The molecule has 0 radical (unpaired) electrons. The largest absolute Gasteiger partial charge is 0.508 e. The monoisotopic (exact) mass is 245 g/mol. The molecule has 1 aliphatic carbocycles. The number of fused-ring (bicyclic) bond motifs is 3. The van der Waals surface area contributed by atoms with Gasteiger partial charge in [-0.25, -0.2) is 0 Å². The first-order chi connectivity index (χ1) is 8.70. The van der Waals surface area contributed by atoms with Crippen molar-refractivity contribution < 1.29 is 5.11 Å². The molecule has 0 bridgehead atoms. The van der Waals surface area contributed by atoms with E-state index in [1.54, 1.807) is 0 Å². The topological polar surface area (TPSA) is 23.5 Å². The van der Waals surface area contributed by atoms with Crippen molar-refractivity contribution in [2.45, 2.75) is 45.1 Å². The van der Waals surface area contributed by atoms with E-state index in [9.17, 15) is 5.11 Å². The predicted octanol–water partition coefficient (Wildman–Crippen LogP) is 3.15. The lowest BCUT2D eigenvalue weighted by Crippen LogP contribution is -2.35. The Morgan fingerprint density at radius 2 is 2.22 bits per heavy atom. The van der Waals surface area contributed by atoms with Crippen molar-refractivity contribution in [3.63, 3.8) is 0 Å². The minimum Gasteiger partial charge on any atom is -0.508 e. The summed E-state index contributed by atoms with van der Waals surface area (Å²) in [6.45, 7) is 7.07. The van der Waals surface area contributed by atoms with Crippen LogP contribution in [-0.4, -0.2) is 29.1 Å². The van der Waals surface area contributed by atoms with E-state index in [4.69, 9.17) is 0 Å². The van der Waals surface area contributed by atoms with Gasteiger partial charge in [-0.15, -0.1) is 0 Å². The Balaban J connectivity index is 1.96. The van der Waals surface area contributed by atoms with E-state index in [1.807, 2.05) is 12.1 Å². The van der Waals surface area contributed by atoms with Crippen LogP contribution in [0.2, 0.25) is 0 Å². The number of aromatic hydroxyl groups is 1. The van der Waals surface area contributed by atoms with Crippen LogP contribution in [0, 0.1) is 5.92 Å². The van der Waals surface area contributed by atoms with E-state index in [0.717, 1.165) is 0 Å². The normalized spacial score (nSPS) is 31.1. The summed E-state index contributed by atoms with van der Waals surface area (Å²) in [6, 6.07) is 6.67. The first-order valence-electron chi connectivity index (χ1n) is 7.26. The molecule has 1 aromatic carbocycles. The van der Waals surface area contributed by atoms with Gasteiger partial charge in [-0.05, 0) is 55.0 Å². The highest BCUT2D eigenvalue weighted by molar-refractivity contribution is 5.41. The third-order valence-corrected chi connectivity index (χ3v) is 4.73. The molecule has 3 atom stereocenters. The van der Waals surface area contributed by atoms with Crippen LogP contribution in [0.3, 0.4) is 0 Å². The lowest BCUT2D eigenvalue weighted by molar-refractivity contribution is 0.227. The number of rotatable bonds is 2. The Morgan fingerprint density at radius 3 is 3.00 bits per heavy atom. The first-order valence-corrected chi connectivity index (χ1v) is 7.26. The summed E-state index contributed by atoms with van der Waals surface area (Å²) in [4.78, 5) is 2.67. The number of phenols is 1. The summed E-state index contributed by atoms with van der Waals surface area (Å²) in [6.07, 6.45) is 3.69. The molecule has 18 heavy (non-hydrogen) atoms. The second-order valence-electron chi connectivity index (χ2n) is 5.99. The standard InChI is InChI=1S/C16H23NO/c1-3-8-17-10-11(2)16-14-9-13(18)6-4-12(14)5-7-15(16)17/h4,6,9,11,15-16,18H,3,5,7-8,10H2,1-2H3/t11-,15+,16-/m0/s1. The number of hydrogen-bond acceptors (Lipinski definition) is 2. The van der Waals surface area contributed by atoms with E-state index in [-0.39, 0.29) is 0 Å². The van der Waals surface area contributed by atoms with E-state index in [2.05, 4.69) is 24.8 Å². The Hall–Kier alpha value is -1.02. The summed E-state index contributed by atoms with van der Waals surface area (Å²) < 4.78 is 0. The zero-order valence-corrected chi connectivity index (χ0v) is 11.4. The zero-order chi connectivity index (χ0) is 12.7. The first kappa shape index (κ1) is 12.0. The van der Waals surface area contributed by atoms with Gasteiger partial charge in [-0.2, -0.15) is 0 Å². The van der Waals surface area contributed by atoms with E-state index < -0.39 is 0 Å². The fraction of sp³-hybridized carbons (Fsp3) is 0.625. The van der Waals surface area contributed by atoms with Crippen LogP contribution in [0.4, 0.5) is 0 Å². The average Bonchev–Trinajstić information content (AvgIpc) is 2.67. The molecule has 0 amide bonds. The number of hydrogen-bond donors (Lipinski definition) is 1. The minimum atomic E-state index is 0.426. The molecular weight excluding hydrogens is 222 g/mol. The Morgan fingerprint density at radius 1 is 1.39 bits per heavy atom. The van der Waals surface area contributed by atoms with Crippen LogP contribution in [-0.2, 0) is 6.42 Å². The molecule has 0 saturated carbocycles. The van der Waals surface area contributed by atoms with E-state index in [0.29, 0.717) is 23.6 Å². The van der Waals surface area contributed by atoms with Gasteiger partial charge in [0, 0.05) is 18.5 Å². The zero-order valence-electron chi connectivity index (χ0n) is 11.4. The second-order valence-corrected chi connectivity index (χ2v) is 5.99. The fourth-order valence-electron chi connectivity index (χ4n) is 4.07. The van der Waals surface area contributed by atoms with Gasteiger partial charge in [0.15, 0.2) is 0 Å². The Kier molecular flexibility index (Phi) is 3.06. The van der Waals surface area contributed by atoms with Crippen molar-refractivity contribution >= 4 is 0 Å². The summed E-state index contributed by atoms with van der Waals surface area (Å²) in [5.41, 5.74) is 2.87. The van der Waals surface area contributed by atoms with Crippen LogP contribution >= 0.6 is 0 Å². The predicted molar refractivity (Wildman–Crippen MR) is 74.0 cm³/mol. The van der Waals surface area contributed by atoms with Gasteiger partial charge < -0.3 is 5.11 Å². The van der Waals surface area contributed by atoms with Crippen LogP contribution in [0.1, 0.15) is 43.7 Å².